The number of fused-ring (bicyclic) bond motifs is 2. The highest BCUT2D eigenvalue weighted by Crippen LogP contribution is 2.33. The molecule has 0 bridgehead atoms. The number of likely N-dealkylation sites (tertiary alicyclic amines) is 1. The third-order valence-corrected chi connectivity index (χ3v) is 8.43. The van der Waals surface area contributed by atoms with E-state index in [2.05, 4.69) is 43.4 Å². The Labute approximate surface area is 231 Å². The fourth-order valence-corrected chi connectivity index (χ4v) is 6.34. The number of hydrogen-bond acceptors (Lipinski definition) is 8. The number of piperidine rings is 1. The van der Waals surface area contributed by atoms with Crippen LogP contribution < -0.4 is 5.32 Å². The van der Waals surface area contributed by atoms with Crippen molar-refractivity contribution in [3.63, 3.8) is 0 Å². The molecule has 0 aromatic carbocycles. The minimum atomic E-state index is -4.26. The van der Waals surface area contributed by atoms with Crippen LogP contribution in [0.3, 0.4) is 0 Å². The number of alkyl halides is 3. The molecule has 2 N–H and O–H groups in total. The summed E-state index contributed by atoms with van der Waals surface area (Å²) < 4.78 is 40.6. The standard InChI is InChI=1S/C27H26F3N9S/c1-16-21-6-19(9-31)39(13-17-10-35-36-11-17)24(21)12-32-23(16)14-38-4-2-18(3-5-38)37-25-22-7-20(8-27(28,29)30)40-26(22)34-15-33-25/h6-7,10-12,15,18H,2-5,8,13-14H2,1H3,(H,35,36)(H,33,34,37). The molecule has 40 heavy (non-hydrogen) atoms. The number of nitrogens with one attached hydrogen (secondary N) is 2. The van der Waals surface area contributed by atoms with Crippen molar-refractivity contribution in [3.8, 4) is 6.07 Å². The van der Waals surface area contributed by atoms with E-state index in [0.717, 1.165) is 65.0 Å². The summed E-state index contributed by atoms with van der Waals surface area (Å²) in [6, 6.07) is 5.94. The van der Waals surface area contributed by atoms with Crippen molar-refractivity contribution in [2.75, 3.05) is 18.4 Å². The van der Waals surface area contributed by atoms with Crippen LogP contribution in [0.15, 0.2) is 37.1 Å². The molecule has 13 heteroatoms. The van der Waals surface area contributed by atoms with E-state index in [0.29, 0.717) is 34.8 Å². The smallest absolute Gasteiger partial charge is 0.367 e. The zero-order chi connectivity index (χ0) is 27.9. The number of thiophene rings is 1. The number of halogens is 3. The third-order valence-electron chi connectivity index (χ3n) is 7.39. The van der Waals surface area contributed by atoms with Gasteiger partial charge in [-0.15, -0.1) is 11.3 Å². The zero-order valence-corrected chi connectivity index (χ0v) is 22.5. The van der Waals surface area contributed by atoms with Crippen molar-refractivity contribution in [3.05, 3.63) is 64.4 Å². The second-order valence-electron chi connectivity index (χ2n) is 10.1. The molecule has 1 aliphatic heterocycles. The molecule has 1 aliphatic rings. The fraction of sp³-hybridized carbons (Fsp3) is 0.370. The van der Waals surface area contributed by atoms with Gasteiger partial charge in [-0.25, -0.2) is 9.97 Å². The zero-order valence-electron chi connectivity index (χ0n) is 21.7. The molecule has 5 aromatic rings. The van der Waals surface area contributed by atoms with Gasteiger partial charge >= 0.3 is 6.18 Å². The molecular weight excluding hydrogens is 539 g/mol. The normalized spacial score (nSPS) is 15.2. The number of aromatic amines is 1. The van der Waals surface area contributed by atoms with E-state index in [1.165, 1.54) is 6.33 Å². The number of anilines is 1. The van der Waals surface area contributed by atoms with Crippen molar-refractivity contribution in [1.29, 1.82) is 5.26 Å². The van der Waals surface area contributed by atoms with Crippen molar-refractivity contribution in [1.82, 2.24) is 34.6 Å². The van der Waals surface area contributed by atoms with E-state index >= 15 is 0 Å². The van der Waals surface area contributed by atoms with E-state index in [1.807, 2.05) is 23.0 Å². The maximum Gasteiger partial charge on any atom is 0.393 e. The summed E-state index contributed by atoms with van der Waals surface area (Å²) in [7, 11) is 0. The molecular formula is C27H26F3N9S. The van der Waals surface area contributed by atoms with Crippen molar-refractivity contribution < 1.29 is 13.2 Å². The summed E-state index contributed by atoms with van der Waals surface area (Å²) in [5.41, 5.74) is 4.54. The summed E-state index contributed by atoms with van der Waals surface area (Å²) in [5, 5.41) is 21.6. The first kappa shape index (κ1) is 26.2. The van der Waals surface area contributed by atoms with Gasteiger partial charge in [0.15, 0.2) is 0 Å². The highest BCUT2D eigenvalue weighted by atomic mass is 32.1. The molecule has 0 aliphatic carbocycles. The Kier molecular flexibility index (Phi) is 6.89. The first-order chi connectivity index (χ1) is 19.3. The second-order valence-corrected chi connectivity index (χ2v) is 11.2. The molecule has 1 fully saturated rings. The van der Waals surface area contributed by atoms with E-state index in [9.17, 15) is 18.4 Å². The van der Waals surface area contributed by atoms with Crippen LogP contribution in [0.2, 0.25) is 0 Å². The SMILES string of the molecule is Cc1c(CN2CCC(Nc3ncnc4sc(CC(F)(F)F)cc34)CC2)ncc2c1cc(C#N)n2Cc1cn[nH]c1. The number of H-pyrrole nitrogens is 1. The average molecular weight is 566 g/mol. The molecule has 5 aromatic heterocycles. The van der Waals surface area contributed by atoms with Crippen LogP contribution in [0.5, 0.6) is 0 Å². The lowest BCUT2D eigenvalue weighted by atomic mass is 10.0. The van der Waals surface area contributed by atoms with Gasteiger partial charge in [-0.1, -0.05) is 0 Å². The topological polar surface area (TPSA) is 111 Å². The third kappa shape index (κ3) is 5.37. The van der Waals surface area contributed by atoms with E-state index < -0.39 is 12.6 Å². The number of aryl methyl sites for hydroxylation is 1. The maximum absolute atomic E-state index is 12.9. The van der Waals surface area contributed by atoms with Gasteiger partial charge in [0.2, 0.25) is 0 Å². The van der Waals surface area contributed by atoms with Gasteiger partial charge in [0.1, 0.15) is 28.7 Å². The molecule has 206 valence electrons. The molecule has 0 spiro atoms. The van der Waals surface area contributed by atoms with Gasteiger partial charge in [-0.2, -0.15) is 23.5 Å². The van der Waals surface area contributed by atoms with E-state index in [4.69, 9.17) is 4.98 Å². The molecule has 6 rings (SSSR count). The lowest BCUT2D eigenvalue weighted by Gasteiger charge is -2.32. The van der Waals surface area contributed by atoms with E-state index in [1.54, 1.807) is 12.3 Å². The maximum atomic E-state index is 12.9. The van der Waals surface area contributed by atoms with Crippen LogP contribution in [0.4, 0.5) is 19.0 Å². The number of aromatic nitrogens is 6. The largest absolute Gasteiger partial charge is 0.393 e. The Balaban J connectivity index is 1.12. The highest BCUT2D eigenvalue weighted by Gasteiger charge is 2.29. The molecule has 1 saturated heterocycles. The number of nitrogens with zero attached hydrogens (tertiary/aromatic N) is 7. The number of rotatable bonds is 7. The van der Waals surface area contributed by atoms with Crippen LogP contribution in [-0.2, 0) is 19.5 Å². The van der Waals surface area contributed by atoms with Gasteiger partial charge in [0, 0.05) is 47.7 Å². The molecule has 9 nitrogen and oxygen atoms in total. The number of pyridine rings is 1. The predicted molar refractivity (Wildman–Crippen MR) is 146 cm³/mol. The Hall–Kier alpha value is -4.02. The Morgan fingerprint density at radius 1 is 1.12 bits per heavy atom. The van der Waals surface area contributed by atoms with Gasteiger partial charge in [0.05, 0.1) is 42.0 Å². The lowest BCUT2D eigenvalue weighted by molar-refractivity contribution is -0.126. The first-order valence-electron chi connectivity index (χ1n) is 12.9. The summed E-state index contributed by atoms with van der Waals surface area (Å²) in [4.78, 5) is 16.4. The minimum Gasteiger partial charge on any atom is -0.367 e. The molecule has 6 heterocycles. The monoisotopic (exact) mass is 565 g/mol. The van der Waals surface area contributed by atoms with Crippen LogP contribution in [0.1, 0.15) is 40.2 Å². The minimum absolute atomic E-state index is 0.159. The second kappa shape index (κ2) is 10.5. The highest BCUT2D eigenvalue weighted by molar-refractivity contribution is 7.18. The lowest BCUT2D eigenvalue weighted by Crippen LogP contribution is -2.39. The molecule has 0 amide bonds. The summed E-state index contributed by atoms with van der Waals surface area (Å²) in [5.74, 6) is 0.587. The quantitative estimate of drug-likeness (QED) is 0.280. The Morgan fingerprint density at radius 3 is 2.67 bits per heavy atom. The fourth-order valence-electron chi connectivity index (χ4n) is 5.31. The first-order valence-corrected chi connectivity index (χ1v) is 13.7. The van der Waals surface area contributed by atoms with Crippen LogP contribution >= 0.6 is 11.3 Å². The molecule has 0 unspecified atom stereocenters. The summed E-state index contributed by atoms with van der Waals surface area (Å²) in [6.07, 6.45) is 3.34. The van der Waals surface area contributed by atoms with Crippen LogP contribution in [-0.4, -0.2) is 59.9 Å². The van der Waals surface area contributed by atoms with Gasteiger partial charge in [-0.05, 0) is 37.5 Å². The van der Waals surface area contributed by atoms with Gasteiger partial charge in [-0.3, -0.25) is 15.0 Å². The number of hydrogen-bond donors (Lipinski definition) is 2. The van der Waals surface area contributed by atoms with Crippen LogP contribution in [0, 0.1) is 18.3 Å². The van der Waals surface area contributed by atoms with Crippen molar-refractivity contribution in [2.45, 2.75) is 51.5 Å². The summed E-state index contributed by atoms with van der Waals surface area (Å²) in [6.45, 7) is 4.98. The molecule has 0 radical (unpaired) electrons. The average Bonchev–Trinajstić information content (AvgIpc) is 3.66. The molecule has 0 atom stereocenters. The Bertz CT molecular complexity index is 1690. The number of nitriles is 1. The Morgan fingerprint density at radius 2 is 1.95 bits per heavy atom. The van der Waals surface area contributed by atoms with Crippen molar-refractivity contribution >= 4 is 38.3 Å². The van der Waals surface area contributed by atoms with E-state index in [-0.39, 0.29) is 10.9 Å². The molecule has 0 saturated carbocycles. The van der Waals surface area contributed by atoms with Crippen LogP contribution in [0.25, 0.3) is 21.1 Å². The van der Waals surface area contributed by atoms with Gasteiger partial charge in [0.25, 0.3) is 0 Å². The summed E-state index contributed by atoms with van der Waals surface area (Å²) >= 11 is 1.06. The van der Waals surface area contributed by atoms with Gasteiger partial charge < -0.3 is 9.88 Å². The van der Waals surface area contributed by atoms with Crippen molar-refractivity contribution in [2.24, 2.45) is 0 Å². The predicted octanol–water partition coefficient (Wildman–Crippen LogP) is 5.17.